The molecule has 6 nitrogen and oxygen atoms in total. The minimum atomic E-state index is -0.976. The first kappa shape index (κ1) is 17.1. The summed E-state index contributed by atoms with van der Waals surface area (Å²) in [5, 5.41) is 2.90. The van der Waals surface area contributed by atoms with Crippen LogP contribution in [0.1, 0.15) is 39.4 Å². The second-order valence-corrected chi connectivity index (χ2v) is 5.91. The molecule has 8 heteroatoms. The molecule has 0 radical (unpaired) electrons. The Morgan fingerprint density at radius 1 is 1.32 bits per heavy atom. The molecule has 1 N–H and O–H groups in total. The molecule has 1 saturated heterocycles. The number of amides is 2. The van der Waals surface area contributed by atoms with Crippen molar-refractivity contribution in [2.24, 2.45) is 0 Å². The van der Waals surface area contributed by atoms with Gasteiger partial charge in [-0.25, -0.2) is 13.8 Å². The normalized spacial score (nSPS) is 15.2. The molecule has 3 rings (SSSR count). The number of likely N-dealkylation sites (tertiary alicyclic amines) is 1. The van der Waals surface area contributed by atoms with Crippen LogP contribution in [0.4, 0.5) is 8.78 Å². The Morgan fingerprint density at radius 3 is 2.64 bits per heavy atom. The Labute approximate surface area is 142 Å². The molecular weight excluding hydrogens is 332 g/mol. The van der Waals surface area contributed by atoms with Crippen molar-refractivity contribution in [1.29, 1.82) is 0 Å². The van der Waals surface area contributed by atoms with Gasteiger partial charge in [-0.1, -0.05) is 0 Å². The number of nitrogens with one attached hydrogen (secondary N) is 1. The highest BCUT2D eigenvalue weighted by Crippen LogP contribution is 2.16. The fourth-order valence-electron chi connectivity index (χ4n) is 2.83. The van der Waals surface area contributed by atoms with Gasteiger partial charge in [-0.2, -0.15) is 0 Å². The summed E-state index contributed by atoms with van der Waals surface area (Å²) in [7, 11) is 0. The fraction of sp³-hybridized carbons (Fsp3) is 0.353. The fourth-order valence-corrected chi connectivity index (χ4v) is 2.83. The Kier molecular flexibility index (Phi) is 4.78. The molecular formula is C17H17F2N3O3. The molecule has 0 spiro atoms. The molecule has 0 aliphatic carbocycles. The van der Waals surface area contributed by atoms with E-state index in [-0.39, 0.29) is 11.9 Å². The van der Waals surface area contributed by atoms with E-state index in [9.17, 15) is 18.4 Å². The van der Waals surface area contributed by atoms with E-state index in [4.69, 9.17) is 4.42 Å². The van der Waals surface area contributed by atoms with Crippen LogP contribution in [0, 0.1) is 18.6 Å². The summed E-state index contributed by atoms with van der Waals surface area (Å²) in [6, 6.07) is 2.16. The van der Waals surface area contributed by atoms with Gasteiger partial charge in [-0.05, 0) is 25.8 Å². The summed E-state index contributed by atoms with van der Waals surface area (Å²) in [6.07, 6.45) is 3.35. The first-order valence-corrected chi connectivity index (χ1v) is 7.91. The highest BCUT2D eigenvalue weighted by atomic mass is 19.1. The number of hydrogen-bond donors (Lipinski definition) is 1. The van der Waals surface area contributed by atoms with Gasteiger partial charge in [0.15, 0.2) is 11.5 Å². The van der Waals surface area contributed by atoms with Gasteiger partial charge in [0.2, 0.25) is 0 Å². The van der Waals surface area contributed by atoms with Crippen LogP contribution in [0.5, 0.6) is 0 Å². The van der Waals surface area contributed by atoms with Gasteiger partial charge < -0.3 is 14.6 Å². The average Bonchev–Trinajstić information content (AvgIpc) is 3.01. The van der Waals surface area contributed by atoms with Crippen LogP contribution in [0.25, 0.3) is 0 Å². The zero-order chi connectivity index (χ0) is 18.0. The molecule has 0 aromatic carbocycles. The number of hydrogen-bond acceptors (Lipinski definition) is 4. The third kappa shape index (κ3) is 3.67. The van der Waals surface area contributed by atoms with Crippen LogP contribution in [0.3, 0.4) is 0 Å². The second kappa shape index (κ2) is 7.00. The Balaban J connectivity index is 1.57. The van der Waals surface area contributed by atoms with Crippen molar-refractivity contribution in [1.82, 2.24) is 15.2 Å². The third-order valence-electron chi connectivity index (χ3n) is 4.23. The number of aromatic nitrogens is 1. The number of carbonyl (C=O) groups excluding carboxylic acids is 2. The van der Waals surface area contributed by atoms with Crippen LogP contribution >= 0.6 is 0 Å². The van der Waals surface area contributed by atoms with Gasteiger partial charge >= 0.3 is 0 Å². The molecule has 0 unspecified atom stereocenters. The van der Waals surface area contributed by atoms with E-state index in [1.54, 1.807) is 13.0 Å². The lowest BCUT2D eigenvalue weighted by Crippen LogP contribution is -2.46. The minimum Gasteiger partial charge on any atom is -0.469 e. The average molecular weight is 349 g/mol. The van der Waals surface area contributed by atoms with Gasteiger partial charge in [0, 0.05) is 25.2 Å². The zero-order valence-corrected chi connectivity index (χ0v) is 13.6. The van der Waals surface area contributed by atoms with Crippen molar-refractivity contribution >= 4 is 11.8 Å². The number of pyridine rings is 1. The molecule has 0 saturated carbocycles. The van der Waals surface area contributed by atoms with Gasteiger partial charge in [0.05, 0.1) is 18.0 Å². The molecule has 0 bridgehead atoms. The van der Waals surface area contributed by atoms with Crippen molar-refractivity contribution in [3.05, 3.63) is 53.2 Å². The summed E-state index contributed by atoms with van der Waals surface area (Å²) in [5.41, 5.74) is 0.0917. The van der Waals surface area contributed by atoms with E-state index >= 15 is 0 Å². The smallest absolute Gasteiger partial charge is 0.275 e. The SMILES string of the molecule is Cc1occc1C(=O)NC1CCN(C(=O)c2ncc(F)cc2F)CC1. The summed E-state index contributed by atoms with van der Waals surface area (Å²) in [4.78, 5) is 29.5. The molecule has 2 aromatic heterocycles. The van der Waals surface area contributed by atoms with E-state index in [0.29, 0.717) is 43.3 Å². The van der Waals surface area contributed by atoms with Crippen LogP contribution in [0.2, 0.25) is 0 Å². The van der Waals surface area contributed by atoms with Gasteiger partial charge in [0.25, 0.3) is 11.8 Å². The molecule has 2 aromatic rings. The van der Waals surface area contributed by atoms with E-state index < -0.39 is 23.2 Å². The Bertz CT molecular complexity index is 798. The lowest BCUT2D eigenvalue weighted by Gasteiger charge is -2.32. The monoisotopic (exact) mass is 349 g/mol. The minimum absolute atomic E-state index is 0.0862. The highest BCUT2D eigenvalue weighted by Gasteiger charge is 2.27. The highest BCUT2D eigenvalue weighted by molar-refractivity contribution is 5.95. The molecule has 132 valence electrons. The van der Waals surface area contributed by atoms with Gasteiger partial charge in [0.1, 0.15) is 11.6 Å². The molecule has 25 heavy (non-hydrogen) atoms. The van der Waals surface area contributed by atoms with Crippen LogP contribution < -0.4 is 5.32 Å². The maximum atomic E-state index is 13.7. The quantitative estimate of drug-likeness (QED) is 0.923. The Hall–Kier alpha value is -2.77. The summed E-state index contributed by atoms with van der Waals surface area (Å²) in [6.45, 7) is 2.42. The topological polar surface area (TPSA) is 75.4 Å². The van der Waals surface area contributed by atoms with Crippen molar-refractivity contribution in [2.45, 2.75) is 25.8 Å². The molecule has 3 heterocycles. The predicted octanol–water partition coefficient (Wildman–Crippen LogP) is 2.30. The number of halogens is 2. The number of rotatable bonds is 3. The van der Waals surface area contributed by atoms with Crippen LogP contribution in [-0.4, -0.2) is 40.8 Å². The lowest BCUT2D eigenvalue weighted by atomic mass is 10.0. The maximum Gasteiger partial charge on any atom is 0.275 e. The second-order valence-electron chi connectivity index (χ2n) is 5.91. The maximum absolute atomic E-state index is 13.7. The molecule has 0 atom stereocenters. The van der Waals surface area contributed by atoms with Gasteiger partial charge in [-0.3, -0.25) is 9.59 Å². The standard InChI is InChI=1S/C17H17F2N3O3/c1-10-13(4-7-25-10)16(23)21-12-2-5-22(6-3-12)17(24)15-14(19)8-11(18)9-20-15/h4,7-9,12H,2-3,5-6H2,1H3,(H,21,23). The van der Waals surface area contributed by atoms with E-state index in [1.807, 2.05) is 0 Å². The molecule has 1 aliphatic heterocycles. The number of piperidine rings is 1. The van der Waals surface area contributed by atoms with Crippen molar-refractivity contribution in [2.75, 3.05) is 13.1 Å². The van der Waals surface area contributed by atoms with Gasteiger partial charge in [-0.15, -0.1) is 0 Å². The van der Waals surface area contributed by atoms with Crippen LogP contribution in [0.15, 0.2) is 29.0 Å². The summed E-state index contributed by atoms with van der Waals surface area (Å²) >= 11 is 0. The zero-order valence-electron chi connectivity index (χ0n) is 13.6. The number of nitrogens with zero attached hydrogens (tertiary/aromatic N) is 2. The lowest BCUT2D eigenvalue weighted by molar-refractivity contribution is 0.0687. The predicted molar refractivity (Wildman–Crippen MR) is 84.0 cm³/mol. The first-order chi connectivity index (χ1) is 12.0. The van der Waals surface area contributed by atoms with E-state index in [2.05, 4.69) is 10.3 Å². The van der Waals surface area contributed by atoms with Crippen molar-refractivity contribution < 1.29 is 22.8 Å². The van der Waals surface area contributed by atoms with E-state index in [0.717, 1.165) is 6.20 Å². The summed E-state index contributed by atoms with van der Waals surface area (Å²) in [5.74, 6) is -2.06. The molecule has 1 fully saturated rings. The Morgan fingerprint density at radius 2 is 2.04 bits per heavy atom. The number of aryl methyl sites for hydroxylation is 1. The largest absolute Gasteiger partial charge is 0.469 e. The molecule has 2 amide bonds. The van der Waals surface area contributed by atoms with Crippen LogP contribution in [-0.2, 0) is 0 Å². The molecule has 1 aliphatic rings. The van der Waals surface area contributed by atoms with Crippen molar-refractivity contribution in [3.63, 3.8) is 0 Å². The first-order valence-electron chi connectivity index (χ1n) is 7.91. The number of furan rings is 1. The number of carbonyl (C=O) groups is 2. The third-order valence-corrected chi connectivity index (χ3v) is 4.23. The van der Waals surface area contributed by atoms with Crippen molar-refractivity contribution in [3.8, 4) is 0 Å². The van der Waals surface area contributed by atoms with E-state index in [1.165, 1.54) is 11.2 Å². The summed E-state index contributed by atoms with van der Waals surface area (Å²) < 4.78 is 31.7.